The highest BCUT2D eigenvalue weighted by atomic mass is 16.5. The molecule has 0 heterocycles. The van der Waals surface area contributed by atoms with E-state index in [0.717, 1.165) is 18.6 Å². The maximum Gasteiger partial charge on any atom is 0.119 e. The third-order valence-corrected chi connectivity index (χ3v) is 2.40. The molecule has 3 nitrogen and oxygen atoms in total. The van der Waals surface area contributed by atoms with Crippen LogP contribution < -0.4 is 10.5 Å². The Hall–Kier alpha value is -1.53. The third-order valence-electron chi connectivity index (χ3n) is 2.40. The fourth-order valence-corrected chi connectivity index (χ4v) is 1.16. The maximum atomic E-state index is 8.59. The van der Waals surface area contributed by atoms with Gasteiger partial charge in [0.1, 0.15) is 12.4 Å². The first kappa shape index (κ1) is 9.04. The van der Waals surface area contributed by atoms with Crippen LogP contribution in [0.15, 0.2) is 24.3 Å². The molecular weight excluding hydrogens is 176 g/mol. The van der Waals surface area contributed by atoms with Crippen LogP contribution in [0.5, 0.6) is 5.75 Å². The Balaban J connectivity index is 1.94. The minimum atomic E-state index is -0.0894. The molecule has 1 aromatic carbocycles. The van der Waals surface area contributed by atoms with Crippen LogP contribution >= 0.6 is 0 Å². The van der Waals surface area contributed by atoms with Crippen molar-refractivity contribution >= 4 is 0 Å². The van der Waals surface area contributed by atoms with Gasteiger partial charge in [0.25, 0.3) is 0 Å². The van der Waals surface area contributed by atoms with Crippen molar-refractivity contribution in [3.63, 3.8) is 0 Å². The van der Waals surface area contributed by atoms with Crippen molar-refractivity contribution in [2.75, 3.05) is 6.61 Å². The smallest absolute Gasteiger partial charge is 0.119 e. The number of hydrogen-bond acceptors (Lipinski definition) is 3. The summed E-state index contributed by atoms with van der Waals surface area (Å²) in [5, 5.41) is 8.59. The van der Waals surface area contributed by atoms with Gasteiger partial charge in [-0.2, -0.15) is 5.26 Å². The Morgan fingerprint density at radius 2 is 2.00 bits per heavy atom. The van der Waals surface area contributed by atoms with E-state index in [2.05, 4.69) is 6.07 Å². The fraction of sp³-hybridized carbons (Fsp3) is 0.364. The highest BCUT2D eigenvalue weighted by Crippen LogP contribution is 2.32. The molecule has 1 aliphatic carbocycles. The van der Waals surface area contributed by atoms with Gasteiger partial charge in [0, 0.05) is 0 Å². The van der Waals surface area contributed by atoms with Gasteiger partial charge in [-0.3, -0.25) is 0 Å². The van der Waals surface area contributed by atoms with E-state index in [1.54, 1.807) is 24.3 Å². The van der Waals surface area contributed by atoms with Crippen molar-refractivity contribution in [3.05, 3.63) is 29.8 Å². The number of nitrogens with zero attached hydrogens (tertiary/aromatic N) is 1. The van der Waals surface area contributed by atoms with Gasteiger partial charge in [-0.15, -0.1) is 0 Å². The zero-order valence-corrected chi connectivity index (χ0v) is 7.86. The second kappa shape index (κ2) is 3.32. The number of nitriles is 1. The lowest BCUT2D eigenvalue weighted by Gasteiger charge is -2.10. The summed E-state index contributed by atoms with van der Waals surface area (Å²) in [6.45, 7) is 0.568. The van der Waals surface area contributed by atoms with Gasteiger partial charge < -0.3 is 10.5 Å². The summed E-state index contributed by atoms with van der Waals surface area (Å²) < 4.78 is 5.50. The summed E-state index contributed by atoms with van der Waals surface area (Å²) in [7, 11) is 0. The standard InChI is InChI=1S/C11H12N2O/c12-7-9-1-3-10(4-2-9)14-8-11(13)5-6-11/h1-4H,5-6,8,13H2. The molecule has 72 valence electrons. The Bertz CT molecular complexity index is 360. The predicted molar refractivity (Wildman–Crippen MR) is 52.8 cm³/mol. The minimum absolute atomic E-state index is 0.0894. The van der Waals surface area contributed by atoms with Crippen LogP contribution in [0, 0.1) is 11.3 Å². The Morgan fingerprint density at radius 1 is 1.36 bits per heavy atom. The van der Waals surface area contributed by atoms with E-state index >= 15 is 0 Å². The summed E-state index contributed by atoms with van der Waals surface area (Å²) in [4.78, 5) is 0. The summed E-state index contributed by atoms with van der Waals surface area (Å²) >= 11 is 0. The lowest BCUT2D eigenvalue weighted by atomic mass is 10.2. The summed E-state index contributed by atoms with van der Waals surface area (Å²) in [5.74, 6) is 0.778. The fourth-order valence-electron chi connectivity index (χ4n) is 1.16. The molecule has 2 N–H and O–H groups in total. The van der Waals surface area contributed by atoms with Crippen molar-refractivity contribution in [2.45, 2.75) is 18.4 Å². The van der Waals surface area contributed by atoms with Crippen LogP contribution in [-0.4, -0.2) is 12.1 Å². The first-order valence-electron chi connectivity index (χ1n) is 4.64. The molecular formula is C11H12N2O. The second-order valence-corrected chi connectivity index (χ2v) is 3.79. The molecule has 0 spiro atoms. The molecule has 2 rings (SSSR count). The molecule has 1 aromatic rings. The molecule has 0 unspecified atom stereocenters. The highest BCUT2D eigenvalue weighted by molar-refractivity contribution is 5.34. The number of rotatable bonds is 3. The van der Waals surface area contributed by atoms with Gasteiger partial charge in [0.15, 0.2) is 0 Å². The summed E-state index contributed by atoms with van der Waals surface area (Å²) in [6, 6.07) is 9.13. The molecule has 0 amide bonds. The van der Waals surface area contributed by atoms with Gasteiger partial charge >= 0.3 is 0 Å². The second-order valence-electron chi connectivity index (χ2n) is 3.79. The van der Waals surface area contributed by atoms with Crippen LogP contribution in [0.1, 0.15) is 18.4 Å². The first-order valence-corrected chi connectivity index (χ1v) is 4.64. The zero-order chi connectivity index (χ0) is 10.0. The number of ether oxygens (including phenoxy) is 1. The molecule has 0 saturated heterocycles. The molecule has 0 radical (unpaired) electrons. The van der Waals surface area contributed by atoms with E-state index in [1.807, 2.05) is 0 Å². The van der Waals surface area contributed by atoms with E-state index in [-0.39, 0.29) is 5.54 Å². The van der Waals surface area contributed by atoms with Gasteiger partial charge in [0.2, 0.25) is 0 Å². The molecule has 1 fully saturated rings. The monoisotopic (exact) mass is 188 g/mol. The number of nitrogens with two attached hydrogens (primary N) is 1. The molecule has 0 bridgehead atoms. The SMILES string of the molecule is N#Cc1ccc(OCC2(N)CC2)cc1. The minimum Gasteiger partial charge on any atom is -0.492 e. The van der Waals surface area contributed by atoms with Crippen LogP contribution in [0.4, 0.5) is 0 Å². The van der Waals surface area contributed by atoms with Crippen molar-refractivity contribution in [1.82, 2.24) is 0 Å². The molecule has 0 aromatic heterocycles. The third kappa shape index (κ3) is 2.04. The van der Waals surface area contributed by atoms with Crippen LogP contribution in [0.25, 0.3) is 0 Å². The van der Waals surface area contributed by atoms with E-state index < -0.39 is 0 Å². The van der Waals surface area contributed by atoms with Crippen LogP contribution in [-0.2, 0) is 0 Å². The maximum absolute atomic E-state index is 8.59. The molecule has 1 aliphatic rings. The van der Waals surface area contributed by atoms with Gasteiger partial charge in [-0.1, -0.05) is 0 Å². The quantitative estimate of drug-likeness (QED) is 0.780. The lowest BCUT2D eigenvalue weighted by Crippen LogP contribution is -2.29. The lowest BCUT2D eigenvalue weighted by molar-refractivity contribution is 0.279. The summed E-state index contributed by atoms with van der Waals surface area (Å²) in [5.41, 5.74) is 6.43. The molecule has 0 aliphatic heterocycles. The average Bonchev–Trinajstić information content (AvgIpc) is 2.95. The molecule has 3 heteroatoms. The first-order chi connectivity index (χ1) is 6.72. The van der Waals surface area contributed by atoms with Crippen molar-refractivity contribution in [1.29, 1.82) is 5.26 Å². The van der Waals surface area contributed by atoms with Crippen LogP contribution in [0.2, 0.25) is 0 Å². The van der Waals surface area contributed by atoms with Gasteiger partial charge in [0.05, 0.1) is 17.2 Å². The average molecular weight is 188 g/mol. The van der Waals surface area contributed by atoms with E-state index in [9.17, 15) is 0 Å². The molecule has 0 atom stereocenters. The van der Waals surface area contributed by atoms with Crippen molar-refractivity contribution in [2.24, 2.45) is 5.73 Å². The normalized spacial score (nSPS) is 17.1. The highest BCUT2D eigenvalue weighted by Gasteiger charge is 2.39. The largest absolute Gasteiger partial charge is 0.492 e. The topological polar surface area (TPSA) is 59.0 Å². The van der Waals surface area contributed by atoms with Crippen LogP contribution in [0.3, 0.4) is 0 Å². The van der Waals surface area contributed by atoms with E-state index in [1.165, 1.54) is 0 Å². The summed E-state index contributed by atoms with van der Waals surface area (Å²) in [6.07, 6.45) is 2.09. The zero-order valence-electron chi connectivity index (χ0n) is 7.86. The van der Waals surface area contributed by atoms with Crippen molar-refractivity contribution in [3.8, 4) is 11.8 Å². The number of benzene rings is 1. The molecule has 1 saturated carbocycles. The van der Waals surface area contributed by atoms with E-state index in [0.29, 0.717) is 12.2 Å². The Morgan fingerprint density at radius 3 is 2.50 bits per heavy atom. The Labute approximate surface area is 83.1 Å². The van der Waals surface area contributed by atoms with E-state index in [4.69, 9.17) is 15.7 Å². The van der Waals surface area contributed by atoms with Gasteiger partial charge in [-0.25, -0.2) is 0 Å². The van der Waals surface area contributed by atoms with Gasteiger partial charge in [-0.05, 0) is 37.1 Å². The predicted octanol–water partition coefficient (Wildman–Crippen LogP) is 1.43. The Kier molecular flexibility index (Phi) is 2.14. The molecule has 14 heavy (non-hydrogen) atoms. The number of hydrogen-bond donors (Lipinski definition) is 1. The van der Waals surface area contributed by atoms with Crippen molar-refractivity contribution < 1.29 is 4.74 Å².